The summed E-state index contributed by atoms with van der Waals surface area (Å²) in [5.41, 5.74) is 0.333. The van der Waals surface area contributed by atoms with E-state index < -0.39 is 20.6 Å². The van der Waals surface area contributed by atoms with Crippen molar-refractivity contribution in [3.8, 4) is 0 Å². The van der Waals surface area contributed by atoms with Crippen LogP contribution in [0.3, 0.4) is 0 Å². The number of aryl methyl sites for hydroxylation is 2. The van der Waals surface area contributed by atoms with Gasteiger partial charge in [0.05, 0.1) is 16.3 Å². The Labute approximate surface area is 121 Å². The second-order valence-electron chi connectivity index (χ2n) is 4.31. The summed E-state index contributed by atoms with van der Waals surface area (Å²) in [6.45, 7) is 4.12. The first-order valence-corrected chi connectivity index (χ1v) is 7.63. The minimum atomic E-state index is -4.05. The zero-order valence-electron chi connectivity index (χ0n) is 11.5. The quantitative estimate of drug-likeness (QED) is 0.670. The van der Waals surface area contributed by atoms with Crippen molar-refractivity contribution in [3.05, 3.63) is 46.3 Å². The van der Waals surface area contributed by atoms with Gasteiger partial charge in [0, 0.05) is 18.8 Å². The minimum Gasteiger partial charge on any atom is -0.276 e. The summed E-state index contributed by atoms with van der Waals surface area (Å²) in [5.74, 6) is 0. The minimum absolute atomic E-state index is 0.301. The Balaban J connectivity index is 2.43. The molecule has 1 N–H and O–H groups in total. The van der Waals surface area contributed by atoms with Crippen LogP contribution in [0.15, 0.2) is 35.4 Å². The lowest BCUT2D eigenvalue weighted by Crippen LogP contribution is -2.14. The predicted molar refractivity (Wildman–Crippen MR) is 76.5 cm³/mol. The summed E-state index contributed by atoms with van der Waals surface area (Å²) >= 11 is 0. The lowest BCUT2D eigenvalue weighted by Gasteiger charge is -2.07. The fraction of sp³-hybridized carbons (Fsp3) is 0.250. The molecule has 2 aromatic rings. The van der Waals surface area contributed by atoms with Crippen molar-refractivity contribution < 1.29 is 13.3 Å². The SMILES string of the molecule is CCn1cc(NS(=O)(=O)c2ccccc2[N+](=O)[O-])c(C)n1. The normalized spacial score (nSPS) is 11.3. The van der Waals surface area contributed by atoms with Crippen LogP contribution < -0.4 is 4.72 Å². The molecule has 0 amide bonds. The first-order valence-electron chi connectivity index (χ1n) is 6.15. The fourth-order valence-corrected chi connectivity index (χ4v) is 3.09. The van der Waals surface area contributed by atoms with Gasteiger partial charge >= 0.3 is 0 Å². The zero-order chi connectivity index (χ0) is 15.6. The average Bonchev–Trinajstić information content (AvgIpc) is 2.78. The molecule has 0 atom stereocenters. The molecule has 0 bridgehead atoms. The van der Waals surface area contributed by atoms with Gasteiger partial charge in [0.15, 0.2) is 4.90 Å². The largest absolute Gasteiger partial charge is 0.289 e. The number of hydrogen-bond donors (Lipinski definition) is 1. The van der Waals surface area contributed by atoms with Crippen molar-refractivity contribution in [2.75, 3.05) is 4.72 Å². The lowest BCUT2D eigenvalue weighted by atomic mass is 10.3. The van der Waals surface area contributed by atoms with Crippen LogP contribution >= 0.6 is 0 Å². The summed E-state index contributed by atoms with van der Waals surface area (Å²) in [6.07, 6.45) is 1.54. The Kier molecular flexibility index (Phi) is 3.94. The van der Waals surface area contributed by atoms with E-state index in [4.69, 9.17) is 0 Å². The summed E-state index contributed by atoms with van der Waals surface area (Å²) in [7, 11) is -4.05. The van der Waals surface area contributed by atoms with Crippen molar-refractivity contribution in [1.82, 2.24) is 9.78 Å². The molecule has 2 rings (SSSR count). The third-order valence-electron chi connectivity index (χ3n) is 2.87. The molecule has 0 aliphatic heterocycles. The standard InChI is InChI=1S/C12H14N4O4S/c1-3-15-8-10(9(2)13-15)14-21(19,20)12-7-5-4-6-11(12)16(17)18/h4-8,14H,3H2,1-2H3. The first kappa shape index (κ1) is 15.0. The number of rotatable bonds is 5. The van der Waals surface area contributed by atoms with Gasteiger partial charge in [-0.1, -0.05) is 12.1 Å². The van der Waals surface area contributed by atoms with Crippen molar-refractivity contribution in [3.63, 3.8) is 0 Å². The second-order valence-corrected chi connectivity index (χ2v) is 5.97. The van der Waals surface area contributed by atoms with Crippen molar-refractivity contribution in [1.29, 1.82) is 0 Å². The Morgan fingerprint density at radius 1 is 1.38 bits per heavy atom. The van der Waals surface area contributed by atoms with Crippen molar-refractivity contribution in [2.24, 2.45) is 0 Å². The molecule has 0 saturated carbocycles. The lowest BCUT2D eigenvalue weighted by molar-refractivity contribution is -0.387. The number of benzene rings is 1. The van der Waals surface area contributed by atoms with Crippen LogP contribution in [0.2, 0.25) is 0 Å². The molecule has 9 heteroatoms. The van der Waals surface area contributed by atoms with E-state index in [1.807, 2.05) is 6.92 Å². The molecule has 0 radical (unpaired) electrons. The molecule has 1 aromatic carbocycles. The van der Waals surface area contributed by atoms with Crippen LogP contribution in [0.5, 0.6) is 0 Å². The van der Waals surface area contributed by atoms with Gasteiger partial charge < -0.3 is 0 Å². The number of para-hydroxylation sites is 1. The molecule has 0 spiro atoms. The predicted octanol–water partition coefficient (Wildman–Crippen LogP) is 1.92. The van der Waals surface area contributed by atoms with Gasteiger partial charge in [0.1, 0.15) is 0 Å². The highest BCUT2D eigenvalue weighted by molar-refractivity contribution is 7.92. The molecule has 0 fully saturated rings. The van der Waals surface area contributed by atoms with E-state index in [1.165, 1.54) is 18.2 Å². The molecule has 0 saturated heterocycles. The van der Waals surface area contributed by atoms with Crippen molar-refractivity contribution >= 4 is 21.4 Å². The molecule has 0 unspecified atom stereocenters. The van der Waals surface area contributed by atoms with E-state index in [1.54, 1.807) is 17.8 Å². The van der Waals surface area contributed by atoms with Crippen molar-refractivity contribution in [2.45, 2.75) is 25.3 Å². The summed E-state index contributed by atoms with van der Waals surface area (Å²) in [4.78, 5) is 9.83. The van der Waals surface area contributed by atoms with Crippen LogP contribution in [-0.4, -0.2) is 23.1 Å². The van der Waals surface area contributed by atoms with E-state index in [9.17, 15) is 18.5 Å². The number of nitro benzene ring substituents is 1. The van der Waals surface area contributed by atoms with Crippen LogP contribution in [-0.2, 0) is 16.6 Å². The highest BCUT2D eigenvalue weighted by Crippen LogP contribution is 2.26. The van der Waals surface area contributed by atoms with E-state index in [0.29, 0.717) is 17.9 Å². The molecular formula is C12H14N4O4S. The molecule has 1 heterocycles. The number of aromatic nitrogens is 2. The van der Waals surface area contributed by atoms with Crippen LogP contribution in [0.25, 0.3) is 0 Å². The molecule has 0 aliphatic rings. The van der Waals surface area contributed by atoms with E-state index in [-0.39, 0.29) is 4.90 Å². The van der Waals surface area contributed by atoms with E-state index in [2.05, 4.69) is 9.82 Å². The van der Waals surface area contributed by atoms with Gasteiger partial charge in [-0.15, -0.1) is 0 Å². The van der Waals surface area contributed by atoms with Crippen LogP contribution in [0.4, 0.5) is 11.4 Å². The molecule has 0 aliphatic carbocycles. The summed E-state index contributed by atoms with van der Waals surface area (Å²) < 4.78 is 28.6. The Morgan fingerprint density at radius 2 is 2.05 bits per heavy atom. The highest BCUT2D eigenvalue weighted by atomic mass is 32.2. The Morgan fingerprint density at radius 3 is 2.62 bits per heavy atom. The smallest absolute Gasteiger partial charge is 0.276 e. The maximum Gasteiger partial charge on any atom is 0.289 e. The van der Waals surface area contributed by atoms with Gasteiger partial charge in [-0.25, -0.2) is 8.42 Å². The number of hydrogen-bond acceptors (Lipinski definition) is 5. The van der Waals surface area contributed by atoms with Crippen LogP contribution in [0.1, 0.15) is 12.6 Å². The summed E-state index contributed by atoms with van der Waals surface area (Å²) in [5, 5.41) is 15.1. The molecule has 1 aromatic heterocycles. The number of nitrogens with zero attached hydrogens (tertiary/aromatic N) is 3. The third kappa shape index (κ3) is 3.02. The van der Waals surface area contributed by atoms with Gasteiger partial charge in [-0.3, -0.25) is 19.5 Å². The molecule has 8 nitrogen and oxygen atoms in total. The Bertz CT molecular complexity index is 782. The maximum atomic E-state index is 12.3. The molecule has 112 valence electrons. The van der Waals surface area contributed by atoms with E-state index >= 15 is 0 Å². The third-order valence-corrected chi connectivity index (χ3v) is 4.28. The maximum absolute atomic E-state index is 12.3. The van der Waals surface area contributed by atoms with Crippen LogP contribution in [0, 0.1) is 17.0 Å². The zero-order valence-corrected chi connectivity index (χ0v) is 12.3. The van der Waals surface area contributed by atoms with Gasteiger partial charge in [0.25, 0.3) is 15.7 Å². The topological polar surface area (TPSA) is 107 Å². The molecule has 21 heavy (non-hydrogen) atoms. The summed E-state index contributed by atoms with van der Waals surface area (Å²) in [6, 6.07) is 5.19. The number of sulfonamides is 1. The Hall–Kier alpha value is -2.42. The van der Waals surface area contributed by atoms with Gasteiger partial charge in [0.2, 0.25) is 0 Å². The van der Waals surface area contributed by atoms with E-state index in [0.717, 1.165) is 6.07 Å². The monoisotopic (exact) mass is 310 g/mol. The number of nitro groups is 1. The number of nitrogens with one attached hydrogen (secondary N) is 1. The second kappa shape index (κ2) is 5.52. The number of anilines is 1. The average molecular weight is 310 g/mol. The highest BCUT2D eigenvalue weighted by Gasteiger charge is 2.26. The fourth-order valence-electron chi connectivity index (χ4n) is 1.82. The van der Waals surface area contributed by atoms with Gasteiger partial charge in [-0.05, 0) is 19.9 Å². The molecular weight excluding hydrogens is 296 g/mol. The first-order chi connectivity index (χ1) is 9.85. The van der Waals surface area contributed by atoms with Gasteiger partial charge in [-0.2, -0.15) is 5.10 Å².